The zero-order valence-electron chi connectivity index (χ0n) is 17.3. The quantitative estimate of drug-likeness (QED) is 0.661. The number of hydrogen-bond donors (Lipinski definition) is 2. The number of carbonyl (C=O) groups excluding carboxylic acids is 1. The fraction of sp³-hybridized carbons (Fsp3) is 0.300. The summed E-state index contributed by atoms with van der Waals surface area (Å²) in [6, 6.07) is 2.06. The first-order chi connectivity index (χ1) is 14.5. The Morgan fingerprint density at radius 2 is 2.13 bits per heavy atom. The lowest BCUT2D eigenvalue weighted by atomic mass is 9.99. The van der Waals surface area contributed by atoms with Crippen molar-refractivity contribution in [3.05, 3.63) is 65.0 Å². The standard InChI is InChI=1S/C20H23ClFN5O3S/c1-12(5-8-18-13(2)23-11-26(18)3)17-10-19(27(4)31(29,30)25-17)20(28)24-14-6-7-16(22)15(21)9-14/h5-9,11,17,19,25H,1,10H2,2-4H3,(H,24,28)/b8-5-/t17-,19+/m1/s1. The number of carbonyl (C=O) groups is 1. The minimum Gasteiger partial charge on any atom is -0.334 e. The number of benzene rings is 1. The van der Waals surface area contributed by atoms with Crippen molar-refractivity contribution in [1.29, 1.82) is 0 Å². The summed E-state index contributed by atoms with van der Waals surface area (Å²) < 4.78 is 43.9. The highest BCUT2D eigenvalue weighted by atomic mass is 35.5. The van der Waals surface area contributed by atoms with Crippen LogP contribution in [0.15, 0.2) is 42.8 Å². The van der Waals surface area contributed by atoms with Crippen LogP contribution in [0, 0.1) is 12.7 Å². The first-order valence-electron chi connectivity index (χ1n) is 9.35. The molecule has 2 N–H and O–H groups in total. The van der Waals surface area contributed by atoms with Crippen LogP contribution in [0.25, 0.3) is 6.08 Å². The van der Waals surface area contributed by atoms with E-state index in [1.54, 1.807) is 18.5 Å². The van der Waals surface area contributed by atoms with Gasteiger partial charge in [0.1, 0.15) is 11.9 Å². The molecule has 8 nitrogen and oxygen atoms in total. The number of hydrogen-bond acceptors (Lipinski definition) is 4. The highest BCUT2D eigenvalue weighted by Gasteiger charge is 2.40. The molecule has 1 saturated heterocycles. The fourth-order valence-electron chi connectivity index (χ4n) is 3.25. The van der Waals surface area contributed by atoms with Gasteiger partial charge in [-0.2, -0.15) is 17.4 Å². The Balaban J connectivity index is 1.79. The number of anilines is 1. The van der Waals surface area contributed by atoms with Crippen LogP contribution in [-0.4, -0.2) is 47.3 Å². The fourth-order valence-corrected chi connectivity index (χ4v) is 4.72. The van der Waals surface area contributed by atoms with E-state index >= 15 is 0 Å². The predicted octanol–water partition coefficient (Wildman–Crippen LogP) is 2.64. The predicted molar refractivity (Wildman–Crippen MR) is 118 cm³/mol. The van der Waals surface area contributed by atoms with Crippen LogP contribution < -0.4 is 10.0 Å². The molecule has 0 radical (unpaired) electrons. The molecule has 0 aliphatic carbocycles. The highest BCUT2D eigenvalue weighted by Crippen LogP contribution is 2.25. The number of aromatic nitrogens is 2. The number of amides is 1. The maximum absolute atomic E-state index is 13.4. The Morgan fingerprint density at radius 1 is 1.42 bits per heavy atom. The van der Waals surface area contributed by atoms with Gasteiger partial charge in [-0.1, -0.05) is 24.3 Å². The molecule has 0 saturated carbocycles. The van der Waals surface area contributed by atoms with Gasteiger partial charge < -0.3 is 9.88 Å². The number of nitrogens with zero attached hydrogens (tertiary/aromatic N) is 3. The van der Waals surface area contributed by atoms with Crippen LogP contribution in [0.5, 0.6) is 0 Å². The SMILES string of the molecule is C=C(/C=C\c1c(C)ncn1C)[C@H]1C[C@@H](C(=O)Nc2ccc(F)c(Cl)c2)N(C)S(=O)(=O)N1. The molecule has 31 heavy (non-hydrogen) atoms. The summed E-state index contributed by atoms with van der Waals surface area (Å²) in [5.74, 6) is -1.17. The highest BCUT2D eigenvalue weighted by molar-refractivity contribution is 7.87. The summed E-state index contributed by atoms with van der Waals surface area (Å²) in [4.78, 5) is 17.0. The van der Waals surface area contributed by atoms with Gasteiger partial charge in [-0.05, 0) is 43.2 Å². The molecule has 0 unspecified atom stereocenters. The van der Waals surface area contributed by atoms with E-state index in [2.05, 4.69) is 21.6 Å². The van der Waals surface area contributed by atoms with Gasteiger partial charge in [0.25, 0.3) is 10.2 Å². The van der Waals surface area contributed by atoms with E-state index in [0.29, 0.717) is 5.57 Å². The normalized spacial score (nSPS) is 21.3. The summed E-state index contributed by atoms with van der Waals surface area (Å²) >= 11 is 5.75. The van der Waals surface area contributed by atoms with Crippen molar-refractivity contribution < 1.29 is 17.6 Å². The second-order valence-electron chi connectivity index (χ2n) is 7.30. The summed E-state index contributed by atoms with van der Waals surface area (Å²) in [5, 5.41) is 2.45. The van der Waals surface area contributed by atoms with Crippen molar-refractivity contribution in [2.24, 2.45) is 7.05 Å². The molecule has 0 bridgehead atoms. The number of rotatable bonds is 5. The van der Waals surface area contributed by atoms with Crippen LogP contribution in [0.1, 0.15) is 17.8 Å². The average molecular weight is 468 g/mol. The maximum Gasteiger partial charge on any atom is 0.280 e. The van der Waals surface area contributed by atoms with Gasteiger partial charge in [0, 0.05) is 25.8 Å². The molecule has 3 rings (SSSR count). The van der Waals surface area contributed by atoms with Crippen LogP contribution >= 0.6 is 11.6 Å². The number of halogens is 2. The molecule has 166 valence electrons. The Morgan fingerprint density at radius 3 is 2.74 bits per heavy atom. The Hall–Kier alpha value is -2.53. The second-order valence-corrected chi connectivity index (χ2v) is 9.46. The molecule has 1 aromatic heterocycles. The van der Waals surface area contributed by atoms with Crippen molar-refractivity contribution in [3.8, 4) is 0 Å². The van der Waals surface area contributed by atoms with E-state index < -0.39 is 34.0 Å². The number of aryl methyl sites for hydroxylation is 2. The molecular formula is C20H23ClFN5O3S. The molecule has 2 heterocycles. The van der Waals surface area contributed by atoms with Gasteiger partial charge in [-0.25, -0.2) is 9.37 Å². The molecule has 1 aromatic carbocycles. The lowest BCUT2D eigenvalue weighted by Crippen LogP contribution is -2.59. The molecule has 1 aliphatic rings. The maximum atomic E-state index is 13.4. The lowest BCUT2D eigenvalue weighted by Gasteiger charge is -2.36. The molecule has 1 amide bonds. The first kappa shape index (κ1) is 23.1. The zero-order chi connectivity index (χ0) is 22.9. The summed E-state index contributed by atoms with van der Waals surface area (Å²) in [5.41, 5.74) is 2.45. The van der Waals surface area contributed by atoms with Crippen LogP contribution in [0.3, 0.4) is 0 Å². The minimum absolute atomic E-state index is 0.147. The zero-order valence-corrected chi connectivity index (χ0v) is 18.8. The van der Waals surface area contributed by atoms with Crippen molar-refractivity contribution in [1.82, 2.24) is 18.6 Å². The van der Waals surface area contributed by atoms with Gasteiger partial charge in [-0.15, -0.1) is 0 Å². The van der Waals surface area contributed by atoms with E-state index in [0.717, 1.165) is 21.8 Å². The Bertz CT molecular complexity index is 1140. The molecule has 2 aromatic rings. The number of imidazole rings is 1. The minimum atomic E-state index is -3.92. The monoisotopic (exact) mass is 467 g/mol. The van der Waals surface area contributed by atoms with Gasteiger partial charge in [0.2, 0.25) is 5.91 Å². The van der Waals surface area contributed by atoms with Crippen molar-refractivity contribution in [2.75, 3.05) is 12.4 Å². The smallest absolute Gasteiger partial charge is 0.280 e. The third-order valence-corrected chi connectivity index (χ3v) is 7.02. The topological polar surface area (TPSA) is 96.3 Å². The van der Waals surface area contributed by atoms with Gasteiger partial charge in [0.15, 0.2) is 0 Å². The van der Waals surface area contributed by atoms with E-state index in [1.807, 2.05) is 18.5 Å². The Labute approximate surface area is 185 Å². The van der Waals surface area contributed by atoms with Crippen LogP contribution in [0.2, 0.25) is 5.02 Å². The second kappa shape index (κ2) is 8.91. The molecule has 11 heteroatoms. The third kappa shape index (κ3) is 5.04. The first-order valence-corrected chi connectivity index (χ1v) is 11.2. The van der Waals surface area contributed by atoms with E-state index in [1.165, 1.54) is 19.2 Å². The van der Waals surface area contributed by atoms with E-state index in [9.17, 15) is 17.6 Å². The third-order valence-electron chi connectivity index (χ3n) is 5.14. The number of likely N-dealkylation sites (N-methyl/N-ethyl adjacent to an activating group) is 1. The summed E-state index contributed by atoms with van der Waals surface area (Å²) in [7, 11) is -0.754. The summed E-state index contributed by atoms with van der Waals surface area (Å²) in [6.07, 6.45) is 5.34. The van der Waals surface area contributed by atoms with Crippen molar-refractivity contribution in [3.63, 3.8) is 0 Å². The van der Waals surface area contributed by atoms with Crippen molar-refractivity contribution in [2.45, 2.75) is 25.4 Å². The van der Waals surface area contributed by atoms with Gasteiger partial charge in [0.05, 0.1) is 22.7 Å². The molecule has 0 spiro atoms. The average Bonchev–Trinajstić information content (AvgIpc) is 3.02. The van der Waals surface area contributed by atoms with Crippen LogP contribution in [0.4, 0.5) is 10.1 Å². The van der Waals surface area contributed by atoms with Crippen molar-refractivity contribution >= 4 is 39.5 Å². The number of nitrogens with one attached hydrogen (secondary N) is 2. The Kier molecular flexibility index (Phi) is 6.65. The van der Waals surface area contributed by atoms with Crippen LogP contribution in [-0.2, 0) is 22.1 Å². The molecule has 1 fully saturated rings. The van der Waals surface area contributed by atoms with E-state index in [4.69, 9.17) is 11.6 Å². The van der Waals surface area contributed by atoms with E-state index in [-0.39, 0.29) is 17.1 Å². The van der Waals surface area contributed by atoms with Gasteiger partial charge in [-0.3, -0.25) is 4.79 Å². The molecule has 2 atom stereocenters. The molecule has 1 aliphatic heterocycles. The molecular weight excluding hydrogens is 445 g/mol. The van der Waals surface area contributed by atoms with Gasteiger partial charge >= 0.3 is 0 Å². The summed E-state index contributed by atoms with van der Waals surface area (Å²) in [6.45, 7) is 5.84. The lowest BCUT2D eigenvalue weighted by molar-refractivity contribution is -0.120. The largest absolute Gasteiger partial charge is 0.334 e.